The first kappa shape index (κ1) is 10.2. The standard InChI is InChI=1S/C12H10N2O2/c1-2-3-7-13-8-6-10-4-5-11(14(15)16)9-12(10)13/h4-6,8-9H,7H2,1H3. The highest BCUT2D eigenvalue weighted by molar-refractivity contribution is 5.82. The van der Waals surface area contributed by atoms with E-state index in [1.807, 2.05) is 16.8 Å². The van der Waals surface area contributed by atoms with Gasteiger partial charge in [0.15, 0.2) is 0 Å². The molecule has 0 radical (unpaired) electrons. The molecule has 0 aliphatic rings. The van der Waals surface area contributed by atoms with Crippen molar-refractivity contribution in [2.75, 3.05) is 0 Å². The van der Waals surface area contributed by atoms with Gasteiger partial charge in [-0.2, -0.15) is 0 Å². The third-order valence-corrected chi connectivity index (χ3v) is 2.39. The van der Waals surface area contributed by atoms with E-state index >= 15 is 0 Å². The van der Waals surface area contributed by atoms with Gasteiger partial charge in [-0.3, -0.25) is 10.1 Å². The van der Waals surface area contributed by atoms with Crippen LogP contribution in [0.4, 0.5) is 5.69 Å². The van der Waals surface area contributed by atoms with Gasteiger partial charge >= 0.3 is 0 Å². The fourth-order valence-electron chi connectivity index (χ4n) is 1.59. The predicted octanol–water partition coefficient (Wildman–Crippen LogP) is 2.57. The Morgan fingerprint density at radius 3 is 2.94 bits per heavy atom. The zero-order valence-corrected chi connectivity index (χ0v) is 8.80. The highest BCUT2D eigenvalue weighted by Gasteiger charge is 2.08. The molecule has 0 aliphatic carbocycles. The summed E-state index contributed by atoms with van der Waals surface area (Å²) >= 11 is 0. The van der Waals surface area contributed by atoms with Crippen molar-refractivity contribution in [3.8, 4) is 11.8 Å². The number of fused-ring (bicyclic) bond motifs is 1. The summed E-state index contributed by atoms with van der Waals surface area (Å²) < 4.78 is 1.90. The number of nitrogens with zero attached hydrogens (tertiary/aromatic N) is 2. The van der Waals surface area contributed by atoms with Crippen molar-refractivity contribution in [3.05, 3.63) is 40.6 Å². The van der Waals surface area contributed by atoms with Gasteiger partial charge < -0.3 is 4.57 Å². The zero-order chi connectivity index (χ0) is 11.5. The summed E-state index contributed by atoms with van der Waals surface area (Å²) in [5, 5.41) is 11.6. The molecule has 0 saturated heterocycles. The molecule has 0 amide bonds. The summed E-state index contributed by atoms with van der Waals surface area (Å²) in [6.07, 6.45) is 1.89. The SMILES string of the molecule is CC#CCn1ccc2ccc([N+](=O)[O-])cc21. The van der Waals surface area contributed by atoms with Crippen molar-refractivity contribution < 1.29 is 4.92 Å². The van der Waals surface area contributed by atoms with Crippen LogP contribution >= 0.6 is 0 Å². The molecule has 1 aromatic heterocycles. The predicted molar refractivity (Wildman–Crippen MR) is 62.0 cm³/mol. The molecule has 0 N–H and O–H groups in total. The second-order valence-electron chi connectivity index (χ2n) is 3.37. The number of aromatic nitrogens is 1. The second-order valence-corrected chi connectivity index (χ2v) is 3.37. The van der Waals surface area contributed by atoms with Crippen LogP contribution in [0.5, 0.6) is 0 Å². The molecule has 0 aliphatic heterocycles. The third kappa shape index (κ3) is 1.75. The molecule has 0 unspecified atom stereocenters. The van der Waals surface area contributed by atoms with Crippen LogP contribution in [-0.4, -0.2) is 9.49 Å². The van der Waals surface area contributed by atoms with Gasteiger partial charge in [0.2, 0.25) is 0 Å². The van der Waals surface area contributed by atoms with Gasteiger partial charge in [0.1, 0.15) is 0 Å². The summed E-state index contributed by atoms with van der Waals surface area (Å²) in [4.78, 5) is 10.3. The van der Waals surface area contributed by atoms with Gasteiger partial charge in [0.05, 0.1) is 17.0 Å². The Labute approximate surface area is 92.6 Å². The van der Waals surface area contributed by atoms with Crippen molar-refractivity contribution >= 4 is 16.6 Å². The molecule has 80 valence electrons. The lowest BCUT2D eigenvalue weighted by molar-refractivity contribution is -0.384. The molecular weight excluding hydrogens is 204 g/mol. The molecule has 0 fully saturated rings. The molecule has 0 spiro atoms. The van der Waals surface area contributed by atoms with Crippen LogP contribution in [0.25, 0.3) is 10.9 Å². The Morgan fingerprint density at radius 1 is 1.44 bits per heavy atom. The van der Waals surface area contributed by atoms with Gasteiger partial charge in [-0.05, 0) is 19.1 Å². The number of non-ortho nitro benzene ring substituents is 1. The average Bonchev–Trinajstić information content (AvgIpc) is 2.68. The van der Waals surface area contributed by atoms with Crippen molar-refractivity contribution in [3.63, 3.8) is 0 Å². The maximum Gasteiger partial charge on any atom is 0.271 e. The maximum atomic E-state index is 10.7. The average molecular weight is 214 g/mol. The number of nitro benzene ring substituents is 1. The highest BCUT2D eigenvalue weighted by atomic mass is 16.6. The molecule has 1 aromatic carbocycles. The minimum absolute atomic E-state index is 0.108. The lowest BCUT2D eigenvalue weighted by Crippen LogP contribution is -1.94. The van der Waals surface area contributed by atoms with Gasteiger partial charge in [-0.1, -0.05) is 5.92 Å². The number of benzene rings is 1. The van der Waals surface area contributed by atoms with Crippen LogP contribution < -0.4 is 0 Å². The van der Waals surface area contributed by atoms with Crippen LogP contribution in [-0.2, 0) is 6.54 Å². The van der Waals surface area contributed by atoms with E-state index in [0.29, 0.717) is 6.54 Å². The fourth-order valence-corrected chi connectivity index (χ4v) is 1.59. The fraction of sp³-hybridized carbons (Fsp3) is 0.167. The molecule has 4 nitrogen and oxygen atoms in total. The van der Waals surface area contributed by atoms with Crippen LogP contribution in [0.3, 0.4) is 0 Å². The molecule has 2 rings (SSSR count). The largest absolute Gasteiger partial charge is 0.336 e. The number of hydrogen-bond acceptors (Lipinski definition) is 2. The second kappa shape index (κ2) is 4.07. The molecule has 2 aromatic rings. The van der Waals surface area contributed by atoms with E-state index in [1.54, 1.807) is 19.1 Å². The topological polar surface area (TPSA) is 48.1 Å². The summed E-state index contributed by atoms with van der Waals surface area (Å²) in [5.74, 6) is 5.74. The quantitative estimate of drug-likeness (QED) is 0.438. The van der Waals surface area contributed by atoms with Crippen molar-refractivity contribution in [2.45, 2.75) is 13.5 Å². The molecule has 0 atom stereocenters. The van der Waals surface area contributed by atoms with E-state index in [4.69, 9.17) is 0 Å². The summed E-state index contributed by atoms with van der Waals surface area (Å²) in [6.45, 7) is 2.33. The van der Waals surface area contributed by atoms with Crippen LogP contribution in [0.15, 0.2) is 30.5 Å². The molecular formula is C12H10N2O2. The Bertz CT molecular complexity index is 602. The summed E-state index contributed by atoms with van der Waals surface area (Å²) in [5.41, 5.74) is 0.953. The van der Waals surface area contributed by atoms with Crippen molar-refractivity contribution in [2.24, 2.45) is 0 Å². The lowest BCUT2D eigenvalue weighted by Gasteiger charge is -1.99. The van der Waals surface area contributed by atoms with Crippen LogP contribution in [0.2, 0.25) is 0 Å². The van der Waals surface area contributed by atoms with Crippen molar-refractivity contribution in [1.29, 1.82) is 0 Å². The third-order valence-electron chi connectivity index (χ3n) is 2.39. The Hall–Kier alpha value is -2.28. The van der Waals surface area contributed by atoms with Crippen LogP contribution in [0, 0.1) is 22.0 Å². The van der Waals surface area contributed by atoms with Crippen LogP contribution in [0.1, 0.15) is 6.92 Å². The van der Waals surface area contributed by atoms with Gasteiger partial charge in [-0.25, -0.2) is 0 Å². The first-order valence-electron chi connectivity index (χ1n) is 4.85. The monoisotopic (exact) mass is 214 g/mol. The molecule has 16 heavy (non-hydrogen) atoms. The number of hydrogen-bond donors (Lipinski definition) is 0. The van der Waals surface area contributed by atoms with E-state index in [2.05, 4.69) is 11.8 Å². The highest BCUT2D eigenvalue weighted by Crippen LogP contribution is 2.21. The van der Waals surface area contributed by atoms with E-state index in [0.717, 1.165) is 10.9 Å². The molecule has 1 heterocycles. The first-order valence-corrected chi connectivity index (χ1v) is 4.85. The van der Waals surface area contributed by atoms with E-state index in [-0.39, 0.29) is 10.6 Å². The zero-order valence-electron chi connectivity index (χ0n) is 8.80. The Kier molecular flexibility index (Phi) is 2.61. The summed E-state index contributed by atoms with van der Waals surface area (Å²) in [6, 6.07) is 6.77. The normalized spacial score (nSPS) is 9.81. The number of rotatable bonds is 2. The van der Waals surface area contributed by atoms with Gasteiger partial charge in [-0.15, -0.1) is 5.92 Å². The smallest absolute Gasteiger partial charge is 0.271 e. The summed E-state index contributed by atoms with van der Waals surface area (Å²) in [7, 11) is 0. The minimum Gasteiger partial charge on any atom is -0.336 e. The molecule has 4 heteroatoms. The maximum absolute atomic E-state index is 10.7. The lowest BCUT2D eigenvalue weighted by atomic mass is 10.2. The first-order chi connectivity index (χ1) is 7.72. The van der Waals surface area contributed by atoms with E-state index in [9.17, 15) is 10.1 Å². The van der Waals surface area contributed by atoms with Gasteiger partial charge in [0.25, 0.3) is 5.69 Å². The number of nitro groups is 1. The van der Waals surface area contributed by atoms with E-state index < -0.39 is 0 Å². The Balaban J connectivity index is 2.53. The molecule has 0 saturated carbocycles. The molecule has 0 bridgehead atoms. The van der Waals surface area contributed by atoms with Gasteiger partial charge in [0, 0.05) is 23.7 Å². The Morgan fingerprint density at radius 2 is 2.25 bits per heavy atom. The van der Waals surface area contributed by atoms with Crippen molar-refractivity contribution in [1.82, 2.24) is 4.57 Å². The minimum atomic E-state index is -0.387. The van der Waals surface area contributed by atoms with E-state index in [1.165, 1.54) is 6.07 Å².